The summed E-state index contributed by atoms with van der Waals surface area (Å²) in [4.78, 5) is 16.9. The van der Waals surface area contributed by atoms with Gasteiger partial charge in [-0.1, -0.05) is 20.8 Å². The summed E-state index contributed by atoms with van der Waals surface area (Å²) in [5.74, 6) is 0.133. The van der Waals surface area contributed by atoms with Gasteiger partial charge in [0.1, 0.15) is 0 Å². The monoisotopic (exact) mass is 240 g/mol. The molecule has 0 bridgehead atoms. The van der Waals surface area contributed by atoms with Gasteiger partial charge in [-0.15, -0.1) is 11.3 Å². The van der Waals surface area contributed by atoms with Crippen LogP contribution in [0.4, 0.5) is 0 Å². The lowest BCUT2D eigenvalue weighted by atomic mass is 9.92. The molecule has 0 aliphatic carbocycles. The summed E-state index contributed by atoms with van der Waals surface area (Å²) in [7, 11) is 0. The van der Waals surface area contributed by atoms with E-state index < -0.39 is 0 Å². The molecule has 0 aliphatic rings. The van der Waals surface area contributed by atoms with Crippen LogP contribution in [0, 0.1) is 12.3 Å². The molecule has 1 heterocycles. The fourth-order valence-electron chi connectivity index (χ4n) is 1.39. The van der Waals surface area contributed by atoms with Crippen LogP contribution in [0.3, 0.4) is 0 Å². The molecule has 0 saturated heterocycles. The van der Waals surface area contributed by atoms with Crippen molar-refractivity contribution in [3.8, 4) is 0 Å². The molecule has 0 aromatic carbocycles. The van der Waals surface area contributed by atoms with E-state index in [4.69, 9.17) is 0 Å². The van der Waals surface area contributed by atoms with Gasteiger partial charge in [0.2, 0.25) is 5.91 Å². The minimum absolute atomic E-state index is 0.0607. The lowest BCUT2D eigenvalue weighted by Crippen LogP contribution is -2.29. The largest absolute Gasteiger partial charge is 0.356 e. The van der Waals surface area contributed by atoms with Crippen molar-refractivity contribution in [2.45, 2.75) is 40.5 Å². The van der Waals surface area contributed by atoms with E-state index in [-0.39, 0.29) is 11.3 Å². The summed E-state index contributed by atoms with van der Waals surface area (Å²) in [6.07, 6.45) is 3.34. The third-order valence-electron chi connectivity index (χ3n) is 2.05. The Morgan fingerprint density at radius 2 is 2.19 bits per heavy atom. The quantitative estimate of drug-likeness (QED) is 0.878. The van der Waals surface area contributed by atoms with Gasteiger partial charge >= 0.3 is 0 Å². The maximum absolute atomic E-state index is 11.5. The average molecular weight is 240 g/mol. The standard InChI is InChI=1S/C12H20N2OS/c1-9-14-8-10(16-9)5-6-13-11(15)7-12(2,3)4/h8H,5-7H2,1-4H3,(H,13,15). The second kappa shape index (κ2) is 5.43. The van der Waals surface area contributed by atoms with Crippen LogP contribution in [0.15, 0.2) is 6.20 Å². The minimum atomic E-state index is 0.0607. The number of nitrogens with zero attached hydrogens (tertiary/aromatic N) is 1. The van der Waals surface area contributed by atoms with Gasteiger partial charge in [0.25, 0.3) is 0 Å². The van der Waals surface area contributed by atoms with Crippen molar-refractivity contribution in [1.29, 1.82) is 0 Å². The zero-order valence-corrected chi connectivity index (χ0v) is 11.3. The molecule has 0 spiro atoms. The molecule has 0 fully saturated rings. The first-order valence-corrected chi connectivity index (χ1v) is 6.36. The van der Waals surface area contributed by atoms with Crippen LogP contribution in [0.2, 0.25) is 0 Å². The van der Waals surface area contributed by atoms with E-state index in [0.717, 1.165) is 11.4 Å². The van der Waals surface area contributed by atoms with Gasteiger partial charge in [0, 0.05) is 30.5 Å². The SMILES string of the molecule is Cc1ncc(CCNC(=O)CC(C)(C)C)s1. The van der Waals surface area contributed by atoms with Crippen LogP contribution in [0.25, 0.3) is 0 Å². The molecule has 90 valence electrons. The molecule has 0 saturated carbocycles. The maximum atomic E-state index is 11.5. The summed E-state index contributed by atoms with van der Waals surface area (Å²) in [6, 6.07) is 0. The van der Waals surface area contributed by atoms with E-state index in [2.05, 4.69) is 31.1 Å². The van der Waals surface area contributed by atoms with Crippen LogP contribution in [-0.4, -0.2) is 17.4 Å². The molecule has 4 heteroatoms. The number of nitrogens with one attached hydrogen (secondary N) is 1. The van der Waals surface area contributed by atoms with Gasteiger partial charge in [-0.3, -0.25) is 4.79 Å². The second-order valence-electron chi connectivity index (χ2n) is 5.18. The first-order chi connectivity index (χ1) is 7.37. The van der Waals surface area contributed by atoms with Crippen molar-refractivity contribution in [2.75, 3.05) is 6.54 Å². The van der Waals surface area contributed by atoms with Crippen LogP contribution in [0.5, 0.6) is 0 Å². The Bertz CT molecular complexity index is 352. The molecule has 0 atom stereocenters. The van der Waals surface area contributed by atoms with E-state index in [0.29, 0.717) is 13.0 Å². The summed E-state index contributed by atoms with van der Waals surface area (Å²) in [5, 5.41) is 4.02. The number of hydrogen-bond acceptors (Lipinski definition) is 3. The molecular weight excluding hydrogens is 220 g/mol. The lowest BCUT2D eigenvalue weighted by molar-refractivity contribution is -0.122. The third kappa shape index (κ3) is 5.26. The van der Waals surface area contributed by atoms with Gasteiger partial charge in [0.15, 0.2) is 0 Å². The van der Waals surface area contributed by atoms with E-state index in [1.54, 1.807) is 11.3 Å². The molecule has 0 unspecified atom stereocenters. The molecule has 0 aliphatic heterocycles. The van der Waals surface area contributed by atoms with E-state index in [1.807, 2.05) is 13.1 Å². The van der Waals surface area contributed by atoms with Gasteiger partial charge in [-0.2, -0.15) is 0 Å². The summed E-state index contributed by atoms with van der Waals surface area (Å²) >= 11 is 1.69. The Morgan fingerprint density at radius 1 is 1.50 bits per heavy atom. The van der Waals surface area contributed by atoms with Crippen molar-refractivity contribution < 1.29 is 4.79 Å². The highest BCUT2D eigenvalue weighted by Gasteiger charge is 2.15. The Balaban J connectivity index is 2.23. The maximum Gasteiger partial charge on any atom is 0.220 e. The molecule has 1 amide bonds. The van der Waals surface area contributed by atoms with Crippen LogP contribution < -0.4 is 5.32 Å². The molecular formula is C12H20N2OS. The van der Waals surface area contributed by atoms with Crippen molar-refractivity contribution in [1.82, 2.24) is 10.3 Å². The zero-order valence-electron chi connectivity index (χ0n) is 10.5. The molecule has 0 radical (unpaired) electrons. The fraction of sp³-hybridized carbons (Fsp3) is 0.667. The second-order valence-corrected chi connectivity index (χ2v) is 6.50. The van der Waals surface area contributed by atoms with Gasteiger partial charge in [0.05, 0.1) is 5.01 Å². The molecule has 1 N–H and O–H groups in total. The number of rotatable bonds is 4. The van der Waals surface area contributed by atoms with Crippen molar-refractivity contribution in [2.24, 2.45) is 5.41 Å². The number of thiazole rings is 1. The highest BCUT2D eigenvalue weighted by molar-refractivity contribution is 7.11. The molecule has 3 nitrogen and oxygen atoms in total. The smallest absolute Gasteiger partial charge is 0.220 e. The van der Waals surface area contributed by atoms with Gasteiger partial charge < -0.3 is 5.32 Å². The highest BCUT2D eigenvalue weighted by atomic mass is 32.1. The van der Waals surface area contributed by atoms with E-state index >= 15 is 0 Å². The number of carbonyl (C=O) groups excluding carboxylic acids is 1. The predicted octanol–water partition coefficient (Wildman–Crippen LogP) is 2.55. The predicted molar refractivity (Wildman–Crippen MR) is 67.6 cm³/mol. The Morgan fingerprint density at radius 3 is 2.69 bits per heavy atom. The zero-order chi connectivity index (χ0) is 12.2. The minimum Gasteiger partial charge on any atom is -0.356 e. The first kappa shape index (κ1) is 13.2. The highest BCUT2D eigenvalue weighted by Crippen LogP contribution is 2.17. The van der Waals surface area contributed by atoms with Crippen molar-refractivity contribution in [3.63, 3.8) is 0 Å². The van der Waals surface area contributed by atoms with Crippen molar-refractivity contribution >= 4 is 17.2 Å². The molecule has 1 aromatic heterocycles. The molecule has 16 heavy (non-hydrogen) atoms. The number of aromatic nitrogens is 1. The van der Waals surface area contributed by atoms with Crippen LogP contribution >= 0.6 is 11.3 Å². The molecule has 1 aromatic rings. The number of amides is 1. The first-order valence-electron chi connectivity index (χ1n) is 5.55. The Hall–Kier alpha value is -0.900. The Kier molecular flexibility index (Phi) is 4.47. The third-order valence-corrected chi connectivity index (χ3v) is 3.03. The topological polar surface area (TPSA) is 42.0 Å². The number of hydrogen-bond donors (Lipinski definition) is 1. The lowest BCUT2D eigenvalue weighted by Gasteiger charge is -2.17. The van der Waals surface area contributed by atoms with E-state index in [1.165, 1.54) is 4.88 Å². The normalized spacial score (nSPS) is 11.5. The van der Waals surface area contributed by atoms with Gasteiger partial charge in [-0.05, 0) is 12.3 Å². The van der Waals surface area contributed by atoms with Crippen molar-refractivity contribution in [3.05, 3.63) is 16.1 Å². The Labute approximate surface area is 101 Å². The summed E-state index contributed by atoms with van der Waals surface area (Å²) < 4.78 is 0. The number of aryl methyl sites for hydroxylation is 1. The summed E-state index contributed by atoms with van der Waals surface area (Å²) in [6.45, 7) is 8.90. The van der Waals surface area contributed by atoms with E-state index in [9.17, 15) is 4.79 Å². The fourth-order valence-corrected chi connectivity index (χ4v) is 2.18. The van der Waals surface area contributed by atoms with Gasteiger partial charge in [-0.25, -0.2) is 4.98 Å². The van der Waals surface area contributed by atoms with Crippen LogP contribution in [-0.2, 0) is 11.2 Å². The average Bonchev–Trinajstić information content (AvgIpc) is 2.48. The summed E-state index contributed by atoms with van der Waals surface area (Å²) in [5.41, 5.74) is 0.0607. The van der Waals surface area contributed by atoms with Crippen LogP contribution in [0.1, 0.15) is 37.1 Å². The molecule has 1 rings (SSSR count). The number of carbonyl (C=O) groups is 1.